The van der Waals surface area contributed by atoms with Crippen molar-refractivity contribution in [2.75, 3.05) is 7.05 Å². The van der Waals surface area contributed by atoms with E-state index in [4.69, 9.17) is 0 Å². The molecule has 0 fully saturated rings. The molecule has 3 aromatic rings. The lowest BCUT2D eigenvalue weighted by Crippen LogP contribution is -2.34. The molecule has 0 unspecified atom stereocenters. The molecule has 6 heteroatoms. The molecule has 0 spiro atoms. The highest BCUT2D eigenvalue weighted by Gasteiger charge is 2.17. The molecule has 23 heavy (non-hydrogen) atoms. The molecule has 1 amide bonds. The largest absolute Gasteiger partial charge is 0.339 e. The molecule has 120 valence electrons. The minimum absolute atomic E-state index is 0.0637. The minimum Gasteiger partial charge on any atom is -0.339 e. The van der Waals surface area contributed by atoms with Gasteiger partial charge in [0, 0.05) is 18.5 Å². The molecular formula is C17H19N3O2S. The van der Waals surface area contributed by atoms with E-state index in [2.05, 4.69) is 0 Å². The molecule has 2 aromatic heterocycles. The minimum atomic E-state index is -0.133. The van der Waals surface area contributed by atoms with E-state index in [9.17, 15) is 9.59 Å². The van der Waals surface area contributed by atoms with Gasteiger partial charge in [-0.1, -0.05) is 18.2 Å². The second-order valence-electron chi connectivity index (χ2n) is 5.43. The highest BCUT2D eigenvalue weighted by molar-refractivity contribution is 7.09. The van der Waals surface area contributed by atoms with E-state index in [0.29, 0.717) is 13.1 Å². The number of hydrogen-bond donors (Lipinski definition) is 0. The van der Waals surface area contributed by atoms with Gasteiger partial charge in [-0.05, 0) is 30.5 Å². The second-order valence-corrected chi connectivity index (χ2v) is 6.46. The van der Waals surface area contributed by atoms with Gasteiger partial charge >= 0.3 is 5.69 Å². The van der Waals surface area contributed by atoms with E-state index >= 15 is 0 Å². The van der Waals surface area contributed by atoms with Crippen LogP contribution in [0.5, 0.6) is 0 Å². The SMILES string of the molecule is CCn1c(=O)n(CC(=O)N(C)Cc2cccs2)c2ccccc21. The van der Waals surface area contributed by atoms with Crippen LogP contribution in [0.15, 0.2) is 46.6 Å². The summed E-state index contributed by atoms with van der Waals surface area (Å²) in [5.41, 5.74) is 1.54. The van der Waals surface area contributed by atoms with Crippen LogP contribution >= 0.6 is 11.3 Å². The number of imidazole rings is 1. The molecule has 0 aliphatic carbocycles. The van der Waals surface area contributed by atoms with Gasteiger partial charge in [0.15, 0.2) is 0 Å². The third kappa shape index (κ3) is 2.94. The summed E-state index contributed by atoms with van der Waals surface area (Å²) in [6.07, 6.45) is 0. The summed E-state index contributed by atoms with van der Waals surface area (Å²) >= 11 is 1.62. The number of amides is 1. The number of aromatic nitrogens is 2. The number of hydrogen-bond acceptors (Lipinski definition) is 3. The number of likely N-dealkylation sites (N-methyl/N-ethyl adjacent to an activating group) is 1. The summed E-state index contributed by atoms with van der Waals surface area (Å²) in [7, 11) is 1.77. The molecule has 0 aliphatic rings. The molecule has 0 radical (unpaired) electrons. The molecule has 3 rings (SSSR count). The van der Waals surface area contributed by atoms with Crippen LogP contribution in [-0.4, -0.2) is 27.0 Å². The number of aryl methyl sites for hydroxylation is 1. The molecule has 5 nitrogen and oxygen atoms in total. The Hall–Kier alpha value is -2.34. The average Bonchev–Trinajstić information content (AvgIpc) is 3.14. The molecule has 0 N–H and O–H groups in total. The molecule has 0 saturated carbocycles. The first-order valence-electron chi connectivity index (χ1n) is 7.56. The van der Waals surface area contributed by atoms with Crippen molar-refractivity contribution in [3.05, 3.63) is 57.1 Å². The van der Waals surface area contributed by atoms with E-state index in [1.807, 2.05) is 48.7 Å². The van der Waals surface area contributed by atoms with Crippen molar-refractivity contribution in [1.29, 1.82) is 0 Å². The number of fused-ring (bicyclic) bond motifs is 1. The van der Waals surface area contributed by atoms with E-state index in [0.717, 1.165) is 15.9 Å². The van der Waals surface area contributed by atoms with Gasteiger partial charge in [-0.3, -0.25) is 13.9 Å². The highest BCUT2D eigenvalue weighted by atomic mass is 32.1. The van der Waals surface area contributed by atoms with Gasteiger partial charge in [0.1, 0.15) is 6.54 Å². The number of thiophene rings is 1. The maximum Gasteiger partial charge on any atom is 0.329 e. The molecule has 2 heterocycles. The standard InChI is InChI=1S/C17H19N3O2S/c1-3-19-14-8-4-5-9-15(14)20(17(19)22)12-16(21)18(2)11-13-7-6-10-23-13/h4-10H,3,11-12H2,1-2H3. The first-order valence-corrected chi connectivity index (χ1v) is 8.44. The summed E-state index contributed by atoms with van der Waals surface area (Å²) < 4.78 is 3.26. The topological polar surface area (TPSA) is 47.2 Å². The van der Waals surface area contributed by atoms with Crippen molar-refractivity contribution in [2.24, 2.45) is 0 Å². The fourth-order valence-electron chi connectivity index (χ4n) is 2.71. The lowest BCUT2D eigenvalue weighted by atomic mass is 10.3. The number of para-hydroxylation sites is 2. The van der Waals surface area contributed by atoms with E-state index < -0.39 is 0 Å². The third-order valence-electron chi connectivity index (χ3n) is 3.93. The zero-order valence-corrected chi connectivity index (χ0v) is 14.0. The molecule has 0 saturated heterocycles. The predicted molar refractivity (Wildman–Crippen MR) is 92.7 cm³/mol. The van der Waals surface area contributed by atoms with E-state index in [1.165, 1.54) is 0 Å². The number of rotatable bonds is 5. The Bertz CT molecular complexity index is 877. The van der Waals surface area contributed by atoms with Crippen LogP contribution in [0.4, 0.5) is 0 Å². The molecule has 0 aliphatic heterocycles. The van der Waals surface area contributed by atoms with Crippen LogP contribution in [0.3, 0.4) is 0 Å². The first kappa shape index (κ1) is 15.6. The molecular weight excluding hydrogens is 310 g/mol. The average molecular weight is 329 g/mol. The van der Waals surface area contributed by atoms with Crippen molar-refractivity contribution in [3.63, 3.8) is 0 Å². The van der Waals surface area contributed by atoms with Crippen LogP contribution in [0.1, 0.15) is 11.8 Å². The maximum atomic E-state index is 12.6. The molecule has 1 aromatic carbocycles. The maximum absolute atomic E-state index is 12.6. The van der Waals surface area contributed by atoms with Gasteiger partial charge in [0.25, 0.3) is 0 Å². The van der Waals surface area contributed by atoms with E-state index in [-0.39, 0.29) is 18.1 Å². The predicted octanol–water partition coefficient (Wildman–Crippen LogP) is 2.54. The molecule has 0 atom stereocenters. The second kappa shape index (κ2) is 6.42. The summed E-state index contributed by atoms with van der Waals surface area (Å²) in [6.45, 7) is 3.15. The highest BCUT2D eigenvalue weighted by Crippen LogP contribution is 2.14. The van der Waals surface area contributed by atoms with Crippen molar-refractivity contribution in [2.45, 2.75) is 26.6 Å². The monoisotopic (exact) mass is 329 g/mol. The van der Waals surface area contributed by atoms with Gasteiger partial charge in [0.05, 0.1) is 17.6 Å². The van der Waals surface area contributed by atoms with E-state index in [1.54, 1.807) is 32.4 Å². The van der Waals surface area contributed by atoms with Crippen molar-refractivity contribution in [3.8, 4) is 0 Å². The van der Waals surface area contributed by atoms with Crippen molar-refractivity contribution >= 4 is 28.3 Å². The third-order valence-corrected chi connectivity index (χ3v) is 4.79. The van der Waals surface area contributed by atoms with Crippen molar-refractivity contribution < 1.29 is 4.79 Å². The van der Waals surface area contributed by atoms with Gasteiger partial charge in [0.2, 0.25) is 5.91 Å². The van der Waals surface area contributed by atoms with Gasteiger partial charge in [-0.15, -0.1) is 11.3 Å². The summed E-state index contributed by atoms with van der Waals surface area (Å²) in [5, 5.41) is 1.99. The Balaban J connectivity index is 1.88. The van der Waals surface area contributed by atoms with Crippen LogP contribution < -0.4 is 5.69 Å². The van der Waals surface area contributed by atoms with Crippen LogP contribution in [0.2, 0.25) is 0 Å². The Morgan fingerprint density at radius 1 is 1.13 bits per heavy atom. The normalized spacial score (nSPS) is 11.0. The van der Waals surface area contributed by atoms with Gasteiger partial charge in [-0.2, -0.15) is 0 Å². The van der Waals surface area contributed by atoms with Crippen LogP contribution in [0.25, 0.3) is 11.0 Å². The zero-order valence-electron chi connectivity index (χ0n) is 13.2. The Kier molecular flexibility index (Phi) is 4.34. The van der Waals surface area contributed by atoms with Crippen LogP contribution in [0, 0.1) is 0 Å². The first-order chi connectivity index (χ1) is 11.1. The fraction of sp³-hybridized carbons (Fsp3) is 0.294. The summed E-state index contributed by atoms with van der Waals surface area (Å²) in [5.74, 6) is -0.0699. The Labute approximate surface area is 138 Å². The lowest BCUT2D eigenvalue weighted by molar-refractivity contribution is -0.131. The number of carbonyl (C=O) groups excluding carboxylic acids is 1. The number of carbonyl (C=O) groups is 1. The summed E-state index contributed by atoms with van der Waals surface area (Å²) in [4.78, 5) is 27.8. The number of benzene rings is 1. The molecule has 0 bridgehead atoms. The Morgan fingerprint density at radius 2 is 1.83 bits per heavy atom. The fourth-order valence-corrected chi connectivity index (χ4v) is 3.47. The smallest absolute Gasteiger partial charge is 0.329 e. The summed E-state index contributed by atoms with van der Waals surface area (Å²) in [6, 6.07) is 11.6. The number of nitrogens with zero attached hydrogens (tertiary/aromatic N) is 3. The van der Waals surface area contributed by atoms with Gasteiger partial charge < -0.3 is 4.90 Å². The van der Waals surface area contributed by atoms with Gasteiger partial charge in [-0.25, -0.2) is 4.79 Å². The van der Waals surface area contributed by atoms with Crippen LogP contribution in [-0.2, 0) is 24.4 Å². The quantitative estimate of drug-likeness (QED) is 0.722. The zero-order chi connectivity index (χ0) is 16.4. The lowest BCUT2D eigenvalue weighted by Gasteiger charge is -2.16. The van der Waals surface area contributed by atoms with Crippen molar-refractivity contribution in [1.82, 2.24) is 14.0 Å². The Morgan fingerprint density at radius 3 is 2.43 bits per heavy atom.